The summed E-state index contributed by atoms with van der Waals surface area (Å²) in [5, 5.41) is 16.0. The predicted molar refractivity (Wildman–Crippen MR) is 51.1 cm³/mol. The van der Waals surface area contributed by atoms with Crippen molar-refractivity contribution in [2.24, 2.45) is 0 Å². The topological polar surface area (TPSA) is 80.9 Å². The minimum atomic E-state index is -4.67. The molecule has 9 heteroatoms. The highest BCUT2D eigenvalue weighted by Crippen LogP contribution is 2.28. The number of alkyl halides is 3. The van der Waals surface area contributed by atoms with Gasteiger partial charge >= 0.3 is 12.1 Å². The summed E-state index contributed by atoms with van der Waals surface area (Å²) in [6.07, 6.45) is -2.26. The molecule has 0 fully saturated rings. The van der Waals surface area contributed by atoms with Gasteiger partial charge in [-0.3, -0.25) is 0 Å². The van der Waals surface area contributed by atoms with Crippen LogP contribution in [0.3, 0.4) is 0 Å². The number of carboxylic acids is 1. The number of halogens is 3. The average Bonchev–Trinajstić information content (AvgIpc) is 2.80. The second-order valence-electron chi connectivity index (χ2n) is 3.19. The lowest BCUT2D eigenvalue weighted by Crippen LogP contribution is -2.15. The molecule has 0 radical (unpaired) electrons. The molecule has 94 valence electrons. The number of hydrogen-bond donors (Lipinski definition) is 1. The van der Waals surface area contributed by atoms with E-state index in [2.05, 4.69) is 15.2 Å². The van der Waals surface area contributed by atoms with Crippen LogP contribution in [0.2, 0.25) is 0 Å². The van der Waals surface area contributed by atoms with Crippen molar-refractivity contribution in [3.63, 3.8) is 0 Å². The number of carboxylic acid groups (broad SMARTS) is 1. The largest absolute Gasteiger partial charge is 0.478 e. The van der Waals surface area contributed by atoms with Crippen LogP contribution in [0.4, 0.5) is 13.2 Å². The standard InChI is InChI=1S/C9H5F3N4O2/c10-9(11,12)6-2-1-5(8(17)18)7(15-6)16-13-3-4-14-16/h1-4H,(H,17,18). The molecule has 0 unspecified atom stereocenters. The third-order valence-corrected chi connectivity index (χ3v) is 2.00. The van der Waals surface area contributed by atoms with E-state index in [1.807, 2.05) is 0 Å². The van der Waals surface area contributed by atoms with Crippen molar-refractivity contribution in [2.45, 2.75) is 6.18 Å². The summed E-state index contributed by atoms with van der Waals surface area (Å²) in [4.78, 5) is 14.8. The molecule has 0 spiro atoms. The Balaban J connectivity index is 2.63. The van der Waals surface area contributed by atoms with Gasteiger partial charge in [0.25, 0.3) is 0 Å². The first-order chi connectivity index (χ1) is 8.39. The van der Waals surface area contributed by atoms with Crippen LogP contribution in [-0.4, -0.2) is 31.1 Å². The summed E-state index contributed by atoms with van der Waals surface area (Å²) >= 11 is 0. The zero-order valence-corrected chi connectivity index (χ0v) is 8.59. The van der Waals surface area contributed by atoms with Crippen molar-refractivity contribution in [3.05, 3.63) is 35.8 Å². The Hall–Kier alpha value is -2.45. The normalized spacial score (nSPS) is 11.5. The lowest BCUT2D eigenvalue weighted by molar-refractivity contribution is -0.141. The maximum Gasteiger partial charge on any atom is 0.433 e. The molecule has 18 heavy (non-hydrogen) atoms. The summed E-state index contributed by atoms with van der Waals surface area (Å²) in [6, 6.07) is 1.41. The van der Waals surface area contributed by atoms with Gasteiger partial charge < -0.3 is 5.11 Å². The molecule has 0 amide bonds. The van der Waals surface area contributed by atoms with Gasteiger partial charge in [0.2, 0.25) is 0 Å². The number of nitrogens with zero attached hydrogens (tertiary/aromatic N) is 4. The third-order valence-electron chi connectivity index (χ3n) is 2.00. The van der Waals surface area contributed by atoms with Gasteiger partial charge in [0.15, 0.2) is 5.82 Å². The van der Waals surface area contributed by atoms with E-state index in [1.54, 1.807) is 0 Å². The molecule has 0 aromatic carbocycles. The van der Waals surface area contributed by atoms with E-state index >= 15 is 0 Å². The Morgan fingerprint density at radius 3 is 2.33 bits per heavy atom. The lowest BCUT2D eigenvalue weighted by atomic mass is 10.2. The highest BCUT2D eigenvalue weighted by molar-refractivity contribution is 5.91. The van der Waals surface area contributed by atoms with Crippen molar-refractivity contribution in [1.82, 2.24) is 20.0 Å². The van der Waals surface area contributed by atoms with Crippen LogP contribution in [-0.2, 0) is 6.18 Å². The van der Waals surface area contributed by atoms with Crippen LogP contribution in [0.15, 0.2) is 24.5 Å². The molecule has 6 nitrogen and oxygen atoms in total. The number of rotatable bonds is 2. The number of carbonyl (C=O) groups is 1. The first-order valence-corrected chi connectivity index (χ1v) is 4.58. The summed E-state index contributed by atoms with van der Waals surface area (Å²) in [5.41, 5.74) is -1.63. The fourth-order valence-corrected chi connectivity index (χ4v) is 1.25. The quantitative estimate of drug-likeness (QED) is 0.880. The molecular formula is C9H5F3N4O2. The van der Waals surface area contributed by atoms with Gasteiger partial charge in [0, 0.05) is 0 Å². The second kappa shape index (κ2) is 4.09. The highest BCUT2D eigenvalue weighted by atomic mass is 19.4. The molecule has 0 bridgehead atoms. The van der Waals surface area contributed by atoms with Crippen molar-refractivity contribution >= 4 is 5.97 Å². The molecule has 2 rings (SSSR count). The third kappa shape index (κ3) is 2.14. The van der Waals surface area contributed by atoms with E-state index in [1.165, 1.54) is 12.4 Å². The zero-order valence-electron chi connectivity index (χ0n) is 8.59. The smallest absolute Gasteiger partial charge is 0.433 e. The van der Waals surface area contributed by atoms with Crippen LogP contribution in [0, 0.1) is 0 Å². The Kier molecular flexibility index (Phi) is 2.73. The number of hydrogen-bond acceptors (Lipinski definition) is 4. The molecule has 1 N–H and O–H groups in total. The average molecular weight is 258 g/mol. The molecule has 0 aliphatic heterocycles. The van der Waals surface area contributed by atoms with E-state index in [0.717, 1.165) is 10.9 Å². The molecule has 0 aliphatic rings. The molecule has 2 heterocycles. The SMILES string of the molecule is O=C(O)c1ccc(C(F)(F)F)nc1-n1nccn1. The molecule has 0 saturated carbocycles. The summed E-state index contributed by atoms with van der Waals surface area (Å²) in [5.74, 6) is -1.90. The van der Waals surface area contributed by atoms with E-state index in [0.29, 0.717) is 6.07 Å². The second-order valence-corrected chi connectivity index (χ2v) is 3.19. The van der Waals surface area contributed by atoms with Crippen molar-refractivity contribution in [2.75, 3.05) is 0 Å². The molecule has 0 atom stereocenters. The van der Waals surface area contributed by atoms with E-state index in [-0.39, 0.29) is 0 Å². The van der Waals surface area contributed by atoms with Crippen molar-refractivity contribution < 1.29 is 23.1 Å². The molecule has 0 saturated heterocycles. The first kappa shape index (κ1) is 12.0. The fourth-order valence-electron chi connectivity index (χ4n) is 1.25. The molecular weight excluding hydrogens is 253 g/mol. The summed E-state index contributed by atoms with van der Waals surface area (Å²) < 4.78 is 37.4. The van der Waals surface area contributed by atoms with Gasteiger partial charge in [-0.2, -0.15) is 23.4 Å². The maximum atomic E-state index is 12.5. The number of pyridine rings is 1. The van der Waals surface area contributed by atoms with Crippen LogP contribution < -0.4 is 0 Å². The van der Waals surface area contributed by atoms with Crippen LogP contribution in [0.25, 0.3) is 5.82 Å². The van der Waals surface area contributed by atoms with E-state index < -0.39 is 29.2 Å². The Morgan fingerprint density at radius 1 is 1.22 bits per heavy atom. The van der Waals surface area contributed by atoms with Gasteiger partial charge in [-0.05, 0) is 12.1 Å². The summed E-state index contributed by atoms with van der Waals surface area (Å²) in [6.45, 7) is 0. The Labute approximate surface area is 97.7 Å². The minimum Gasteiger partial charge on any atom is -0.478 e. The van der Waals surface area contributed by atoms with E-state index in [9.17, 15) is 18.0 Å². The monoisotopic (exact) mass is 258 g/mol. The summed E-state index contributed by atoms with van der Waals surface area (Å²) in [7, 11) is 0. The van der Waals surface area contributed by atoms with Gasteiger partial charge in [0.1, 0.15) is 11.3 Å². The Bertz CT molecular complexity index is 580. The maximum absolute atomic E-state index is 12.5. The lowest BCUT2D eigenvalue weighted by Gasteiger charge is -2.09. The van der Waals surface area contributed by atoms with Gasteiger partial charge in [-0.15, -0.1) is 4.80 Å². The van der Waals surface area contributed by atoms with Crippen molar-refractivity contribution in [1.29, 1.82) is 0 Å². The zero-order chi connectivity index (χ0) is 13.3. The first-order valence-electron chi connectivity index (χ1n) is 4.58. The minimum absolute atomic E-state index is 0.417. The Morgan fingerprint density at radius 2 is 1.83 bits per heavy atom. The number of aromatic carboxylic acids is 1. The highest BCUT2D eigenvalue weighted by Gasteiger charge is 2.34. The molecule has 0 aliphatic carbocycles. The van der Waals surface area contributed by atoms with E-state index in [4.69, 9.17) is 5.11 Å². The van der Waals surface area contributed by atoms with Gasteiger partial charge in [-0.25, -0.2) is 9.78 Å². The predicted octanol–water partition coefficient (Wildman–Crippen LogP) is 1.38. The van der Waals surface area contributed by atoms with Crippen LogP contribution in [0.5, 0.6) is 0 Å². The van der Waals surface area contributed by atoms with Crippen molar-refractivity contribution in [3.8, 4) is 5.82 Å². The number of aromatic nitrogens is 4. The molecule has 2 aromatic heterocycles. The molecule has 2 aromatic rings. The van der Waals surface area contributed by atoms with Gasteiger partial charge in [-0.1, -0.05) is 0 Å². The fraction of sp³-hybridized carbons (Fsp3) is 0.111. The van der Waals surface area contributed by atoms with Crippen LogP contribution >= 0.6 is 0 Å². The van der Waals surface area contributed by atoms with Crippen LogP contribution in [0.1, 0.15) is 16.1 Å². The van der Waals surface area contributed by atoms with Gasteiger partial charge in [0.05, 0.1) is 12.4 Å².